The van der Waals surface area contributed by atoms with Crippen LogP contribution in [0.5, 0.6) is 0 Å². The van der Waals surface area contributed by atoms with Crippen molar-refractivity contribution in [2.75, 3.05) is 19.6 Å². The molecule has 3 N–H and O–H groups in total. The second-order valence-corrected chi connectivity index (χ2v) is 8.00. The largest absolute Gasteiger partial charge is 0.368 e. The van der Waals surface area contributed by atoms with Gasteiger partial charge in [-0.05, 0) is 71.4 Å². The smallest absolute Gasteiger partial charge is 0.237 e. The molecular formula is C17H35N3O. The molecule has 1 aliphatic heterocycles. The van der Waals surface area contributed by atoms with Crippen molar-refractivity contribution < 1.29 is 4.79 Å². The van der Waals surface area contributed by atoms with Crippen LogP contribution in [-0.4, -0.2) is 42.0 Å². The van der Waals surface area contributed by atoms with Crippen LogP contribution in [0.25, 0.3) is 0 Å². The molecule has 1 fully saturated rings. The molecule has 1 rings (SSSR count). The van der Waals surface area contributed by atoms with Crippen LogP contribution < -0.4 is 11.1 Å². The summed E-state index contributed by atoms with van der Waals surface area (Å²) >= 11 is 0. The summed E-state index contributed by atoms with van der Waals surface area (Å²) in [7, 11) is 0. The van der Waals surface area contributed by atoms with Crippen LogP contribution in [0.4, 0.5) is 0 Å². The van der Waals surface area contributed by atoms with E-state index in [9.17, 15) is 4.79 Å². The Labute approximate surface area is 130 Å². The Morgan fingerprint density at radius 1 is 1.38 bits per heavy atom. The minimum atomic E-state index is -0.574. The van der Waals surface area contributed by atoms with Crippen molar-refractivity contribution in [1.29, 1.82) is 0 Å². The van der Waals surface area contributed by atoms with E-state index in [4.69, 9.17) is 5.73 Å². The molecule has 1 saturated heterocycles. The van der Waals surface area contributed by atoms with Crippen molar-refractivity contribution in [3.05, 3.63) is 0 Å². The van der Waals surface area contributed by atoms with Gasteiger partial charge in [-0.2, -0.15) is 0 Å². The summed E-state index contributed by atoms with van der Waals surface area (Å²) in [5.74, 6) is -0.240. The third-order valence-electron chi connectivity index (χ3n) is 4.53. The Bertz CT molecular complexity index is 341. The molecule has 0 bridgehead atoms. The normalized spacial score (nSPS) is 22.2. The molecule has 1 unspecified atom stereocenters. The number of amides is 1. The number of nitrogens with two attached hydrogens (primary N) is 1. The second-order valence-electron chi connectivity index (χ2n) is 8.00. The van der Waals surface area contributed by atoms with Gasteiger partial charge in [-0.3, -0.25) is 4.79 Å². The third kappa shape index (κ3) is 6.35. The van der Waals surface area contributed by atoms with Crippen LogP contribution in [0.2, 0.25) is 0 Å². The zero-order chi connectivity index (χ0) is 16.1. The molecule has 4 nitrogen and oxygen atoms in total. The van der Waals surface area contributed by atoms with Crippen molar-refractivity contribution in [2.24, 2.45) is 11.1 Å². The maximum Gasteiger partial charge on any atom is 0.237 e. The van der Waals surface area contributed by atoms with Crippen LogP contribution in [0, 0.1) is 5.41 Å². The zero-order valence-electron chi connectivity index (χ0n) is 14.7. The van der Waals surface area contributed by atoms with Gasteiger partial charge in [-0.25, -0.2) is 0 Å². The average molecular weight is 297 g/mol. The number of carbonyl (C=O) groups is 1. The van der Waals surface area contributed by atoms with E-state index >= 15 is 0 Å². The van der Waals surface area contributed by atoms with Crippen LogP contribution in [0.3, 0.4) is 0 Å². The van der Waals surface area contributed by atoms with Gasteiger partial charge in [0.25, 0.3) is 0 Å². The van der Waals surface area contributed by atoms with Crippen LogP contribution in [-0.2, 0) is 4.79 Å². The molecule has 0 aromatic heterocycles. The lowest BCUT2D eigenvalue weighted by atomic mass is 9.84. The van der Waals surface area contributed by atoms with Gasteiger partial charge >= 0.3 is 0 Å². The highest BCUT2D eigenvalue weighted by atomic mass is 16.1. The number of piperidine rings is 1. The minimum Gasteiger partial charge on any atom is -0.368 e. The van der Waals surface area contributed by atoms with Crippen LogP contribution in [0.15, 0.2) is 0 Å². The van der Waals surface area contributed by atoms with Crippen molar-refractivity contribution in [1.82, 2.24) is 10.2 Å². The highest BCUT2D eigenvalue weighted by molar-refractivity contribution is 5.84. The van der Waals surface area contributed by atoms with E-state index in [0.29, 0.717) is 5.41 Å². The molecule has 0 spiro atoms. The molecule has 0 aromatic rings. The lowest BCUT2D eigenvalue weighted by Gasteiger charge is -2.38. The predicted molar refractivity (Wildman–Crippen MR) is 89.2 cm³/mol. The van der Waals surface area contributed by atoms with E-state index in [0.717, 1.165) is 25.8 Å². The number of nitrogens with zero attached hydrogens (tertiary/aromatic N) is 1. The van der Waals surface area contributed by atoms with Gasteiger partial charge in [0.2, 0.25) is 5.91 Å². The molecule has 1 amide bonds. The monoisotopic (exact) mass is 297 g/mol. The number of primary amides is 1. The fraction of sp³-hybridized carbons (Fsp3) is 0.941. The van der Waals surface area contributed by atoms with E-state index in [1.54, 1.807) is 0 Å². The number of likely N-dealkylation sites (tertiary alicyclic amines) is 1. The topological polar surface area (TPSA) is 58.4 Å². The molecule has 1 aliphatic rings. The summed E-state index contributed by atoms with van der Waals surface area (Å²) in [6, 6.07) is 0.269. The van der Waals surface area contributed by atoms with Crippen molar-refractivity contribution in [3.8, 4) is 0 Å². The van der Waals surface area contributed by atoms with Gasteiger partial charge in [0.1, 0.15) is 0 Å². The summed E-state index contributed by atoms with van der Waals surface area (Å²) in [5.41, 5.74) is 5.45. The molecule has 124 valence electrons. The molecule has 1 atom stereocenters. The Kier molecular flexibility index (Phi) is 6.67. The Hall–Kier alpha value is -0.610. The average Bonchev–Trinajstić information content (AvgIpc) is 2.32. The van der Waals surface area contributed by atoms with E-state index in [1.807, 2.05) is 6.92 Å². The van der Waals surface area contributed by atoms with E-state index in [1.165, 1.54) is 25.9 Å². The fourth-order valence-electron chi connectivity index (χ4n) is 3.45. The summed E-state index contributed by atoms with van der Waals surface area (Å²) in [6.45, 7) is 14.3. The van der Waals surface area contributed by atoms with Gasteiger partial charge in [-0.15, -0.1) is 0 Å². The maximum atomic E-state index is 11.7. The number of hydrogen-bond donors (Lipinski definition) is 2. The number of unbranched alkanes of at least 4 members (excludes halogenated alkanes) is 1. The van der Waals surface area contributed by atoms with E-state index in [2.05, 4.69) is 37.9 Å². The summed E-state index contributed by atoms with van der Waals surface area (Å²) in [4.78, 5) is 14.3. The minimum absolute atomic E-state index is 0.240. The number of carbonyl (C=O) groups excluding carboxylic acids is 1. The zero-order valence-corrected chi connectivity index (χ0v) is 14.7. The fourth-order valence-corrected chi connectivity index (χ4v) is 3.45. The van der Waals surface area contributed by atoms with E-state index < -0.39 is 5.54 Å². The maximum absolute atomic E-state index is 11.7. The van der Waals surface area contributed by atoms with Crippen LogP contribution >= 0.6 is 0 Å². The van der Waals surface area contributed by atoms with Gasteiger partial charge in [-0.1, -0.05) is 13.8 Å². The number of nitrogens with one attached hydrogen (secondary N) is 1. The molecule has 0 saturated carbocycles. The predicted octanol–water partition coefficient (Wildman–Crippen LogP) is 2.52. The molecular weight excluding hydrogens is 262 g/mol. The number of rotatable bonds is 8. The highest BCUT2D eigenvalue weighted by Crippen LogP contribution is 2.28. The Morgan fingerprint density at radius 3 is 2.57 bits per heavy atom. The summed E-state index contributed by atoms with van der Waals surface area (Å²) in [6.07, 6.45) is 5.63. The molecule has 0 aromatic carbocycles. The molecule has 21 heavy (non-hydrogen) atoms. The molecule has 0 radical (unpaired) electrons. The van der Waals surface area contributed by atoms with Gasteiger partial charge in [0.15, 0.2) is 0 Å². The van der Waals surface area contributed by atoms with Gasteiger partial charge < -0.3 is 16.0 Å². The number of hydrogen-bond acceptors (Lipinski definition) is 3. The lowest BCUT2D eigenvalue weighted by Crippen LogP contribution is -2.55. The van der Waals surface area contributed by atoms with Crippen molar-refractivity contribution in [2.45, 2.75) is 78.3 Å². The standard InChI is InChI=1S/C17H35N3O/c1-14(2)19-17(5,15(18)21)10-6-7-11-20-12-8-9-16(3,4)13-20/h14,19H,6-13H2,1-5H3,(H2,18,21). The Morgan fingerprint density at radius 2 is 2.05 bits per heavy atom. The summed E-state index contributed by atoms with van der Waals surface area (Å²) < 4.78 is 0. The first kappa shape index (κ1) is 18.4. The van der Waals surface area contributed by atoms with Gasteiger partial charge in [0.05, 0.1) is 5.54 Å². The quantitative estimate of drug-likeness (QED) is 0.677. The highest BCUT2D eigenvalue weighted by Gasteiger charge is 2.31. The molecule has 1 heterocycles. The first-order valence-electron chi connectivity index (χ1n) is 8.45. The first-order chi connectivity index (χ1) is 9.65. The first-order valence-corrected chi connectivity index (χ1v) is 8.45. The van der Waals surface area contributed by atoms with Gasteiger partial charge in [0, 0.05) is 12.6 Å². The van der Waals surface area contributed by atoms with Crippen molar-refractivity contribution >= 4 is 5.91 Å². The third-order valence-corrected chi connectivity index (χ3v) is 4.53. The molecule has 4 heteroatoms. The second kappa shape index (κ2) is 7.59. The molecule has 0 aliphatic carbocycles. The SMILES string of the molecule is CC(C)NC(C)(CCCCN1CCCC(C)(C)C1)C(N)=O. The van der Waals surface area contributed by atoms with Crippen molar-refractivity contribution in [3.63, 3.8) is 0 Å². The Balaban J connectivity index is 2.33. The summed E-state index contributed by atoms with van der Waals surface area (Å²) in [5, 5.41) is 3.32. The lowest BCUT2D eigenvalue weighted by molar-refractivity contribution is -0.124. The van der Waals surface area contributed by atoms with E-state index in [-0.39, 0.29) is 11.9 Å². The van der Waals surface area contributed by atoms with Crippen LogP contribution in [0.1, 0.15) is 66.7 Å².